The topological polar surface area (TPSA) is 70.4 Å². The van der Waals surface area contributed by atoms with E-state index >= 15 is 0 Å². The van der Waals surface area contributed by atoms with Gasteiger partial charge in [0.25, 0.3) is 5.56 Å². The SMILES string of the molecule is CC(C)(C)OC(=O)COCC1CCC(Cn2nc(-c3ccsc3)c(-c3ccccc3)cc2=O)CC1. The minimum absolute atomic E-state index is 0.00433. The van der Waals surface area contributed by atoms with Gasteiger partial charge in [0.05, 0.1) is 12.3 Å². The highest BCUT2D eigenvalue weighted by molar-refractivity contribution is 7.08. The van der Waals surface area contributed by atoms with E-state index in [1.165, 1.54) is 0 Å². The van der Waals surface area contributed by atoms with Crippen LogP contribution >= 0.6 is 11.3 Å². The first-order chi connectivity index (χ1) is 16.8. The van der Waals surface area contributed by atoms with Crippen molar-refractivity contribution in [2.75, 3.05) is 13.2 Å². The molecule has 7 heteroatoms. The largest absolute Gasteiger partial charge is 0.458 e. The summed E-state index contributed by atoms with van der Waals surface area (Å²) in [5, 5.41) is 8.95. The van der Waals surface area contributed by atoms with E-state index in [-0.39, 0.29) is 18.1 Å². The third-order valence-electron chi connectivity index (χ3n) is 6.27. The van der Waals surface area contributed by atoms with E-state index in [4.69, 9.17) is 14.6 Å². The third kappa shape index (κ3) is 7.12. The maximum Gasteiger partial charge on any atom is 0.332 e. The number of carbonyl (C=O) groups excluding carboxylic acids is 1. The first-order valence-electron chi connectivity index (χ1n) is 12.3. The van der Waals surface area contributed by atoms with Crippen molar-refractivity contribution in [1.82, 2.24) is 9.78 Å². The van der Waals surface area contributed by atoms with Crippen LogP contribution in [0.25, 0.3) is 22.4 Å². The molecule has 0 saturated heterocycles. The summed E-state index contributed by atoms with van der Waals surface area (Å²) in [6, 6.07) is 13.7. The summed E-state index contributed by atoms with van der Waals surface area (Å²) in [6.45, 7) is 6.74. The Morgan fingerprint density at radius 1 is 1.06 bits per heavy atom. The first kappa shape index (κ1) is 25.3. The highest BCUT2D eigenvalue weighted by Crippen LogP contribution is 2.32. The Kier molecular flexibility index (Phi) is 8.19. The summed E-state index contributed by atoms with van der Waals surface area (Å²) in [7, 11) is 0. The van der Waals surface area contributed by atoms with Crippen LogP contribution in [0.5, 0.6) is 0 Å². The van der Waals surface area contributed by atoms with Crippen LogP contribution in [0.15, 0.2) is 58.0 Å². The van der Waals surface area contributed by atoms with Crippen LogP contribution in [-0.4, -0.2) is 34.6 Å². The molecule has 0 spiro atoms. The number of esters is 1. The van der Waals surface area contributed by atoms with E-state index in [0.29, 0.717) is 25.0 Å². The molecule has 0 N–H and O–H groups in total. The van der Waals surface area contributed by atoms with Gasteiger partial charge in [0.2, 0.25) is 0 Å². The van der Waals surface area contributed by atoms with E-state index in [1.54, 1.807) is 22.1 Å². The van der Waals surface area contributed by atoms with Gasteiger partial charge in [-0.25, -0.2) is 9.48 Å². The van der Waals surface area contributed by atoms with E-state index in [1.807, 2.05) is 56.5 Å². The van der Waals surface area contributed by atoms with Crippen molar-refractivity contribution >= 4 is 17.3 Å². The van der Waals surface area contributed by atoms with Crippen LogP contribution in [0.1, 0.15) is 46.5 Å². The fourth-order valence-electron chi connectivity index (χ4n) is 4.58. The monoisotopic (exact) mass is 494 g/mol. The molecule has 0 radical (unpaired) electrons. The Morgan fingerprint density at radius 2 is 1.77 bits per heavy atom. The normalized spacial score (nSPS) is 18.4. The summed E-state index contributed by atoms with van der Waals surface area (Å²) >= 11 is 1.63. The molecule has 186 valence electrons. The first-order valence-corrected chi connectivity index (χ1v) is 13.2. The molecule has 0 atom stereocenters. The van der Waals surface area contributed by atoms with Crippen LogP contribution in [0, 0.1) is 11.8 Å². The summed E-state index contributed by atoms with van der Waals surface area (Å²) in [6.07, 6.45) is 4.08. The van der Waals surface area contributed by atoms with Gasteiger partial charge in [-0.2, -0.15) is 16.4 Å². The molecule has 3 aromatic rings. The molecule has 0 aliphatic heterocycles. The number of ether oxygens (including phenoxy) is 2. The van der Waals surface area contributed by atoms with Crippen LogP contribution in [0.4, 0.5) is 0 Å². The zero-order valence-electron chi connectivity index (χ0n) is 20.7. The minimum Gasteiger partial charge on any atom is -0.458 e. The highest BCUT2D eigenvalue weighted by Gasteiger charge is 2.24. The maximum absolute atomic E-state index is 13.0. The van der Waals surface area contributed by atoms with Gasteiger partial charge in [-0.15, -0.1) is 0 Å². The molecule has 0 bridgehead atoms. The predicted octanol–water partition coefficient (Wildman–Crippen LogP) is 5.80. The van der Waals surface area contributed by atoms with Crippen molar-refractivity contribution in [1.29, 1.82) is 0 Å². The molecule has 4 rings (SSSR count). The number of nitrogens with zero attached hydrogens (tertiary/aromatic N) is 2. The fraction of sp³-hybridized carbons (Fsp3) is 0.464. The van der Waals surface area contributed by atoms with Crippen molar-refractivity contribution in [3.8, 4) is 22.4 Å². The molecule has 1 saturated carbocycles. The van der Waals surface area contributed by atoms with Gasteiger partial charge < -0.3 is 9.47 Å². The van der Waals surface area contributed by atoms with Crippen molar-refractivity contribution < 1.29 is 14.3 Å². The predicted molar refractivity (Wildman–Crippen MR) is 139 cm³/mol. The summed E-state index contributed by atoms with van der Waals surface area (Å²) in [4.78, 5) is 24.8. The lowest BCUT2D eigenvalue weighted by molar-refractivity contribution is -0.160. The van der Waals surface area contributed by atoms with Crippen molar-refractivity contribution in [2.24, 2.45) is 11.8 Å². The fourth-order valence-corrected chi connectivity index (χ4v) is 5.22. The number of hydrogen-bond donors (Lipinski definition) is 0. The molecular weight excluding hydrogens is 460 g/mol. The minimum atomic E-state index is -0.493. The molecule has 6 nitrogen and oxygen atoms in total. The number of thiophene rings is 1. The Balaban J connectivity index is 1.37. The number of rotatable bonds is 8. The molecule has 2 aromatic heterocycles. The maximum atomic E-state index is 13.0. The number of aromatic nitrogens is 2. The zero-order valence-corrected chi connectivity index (χ0v) is 21.6. The summed E-state index contributed by atoms with van der Waals surface area (Å²) in [5.74, 6) is 0.511. The quantitative estimate of drug-likeness (QED) is 0.370. The Hall–Kier alpha value is -2.77. The van der Waals surface area contributed by atoms with Gasteiger partial charge in [0, 0.05) is 29.1 Å². The molecular formula is C28H34N2O4S. The molecule has 0 amide bonds. The van der Waals surface area contributed by atoms with Gasteiger partial charge >= 0.3 is 5.97 Å². The second-order valence-corrected chi connectivity index (χ2v) is 11.1. The molecule has 1 aliphatic rings. The molecule has 1 fully saturated rings. The van der Waals surface area contributed by atoms with Gasteiger partial charge in [0.1, 0.15) is 12.2 Å². The summed E-state index contributed by atoms with van der Waals surface area (Å²) < 4.78 is 12.6. The Labute approximate surface area is 210 Å². The van der Waals surface area contributed by atoms with Crippen LogP contribution in [-0.2, 0) is 20.8 Å². The van der Waals surface area contributed by atoms with E-state index in [2.05, 4.69) is 11.4 Å². The Morgan fingerprint density at radius 3 is 2.43 bits per heavy atom. The molecule has 1 aromatic carbocycles. The van der Waals surface area contributed by atoms with E-state index in [0.717, 1.165) is 48.1 Å². The smallest absolute Gasteiger partial charge is 0.332 e. The molecule has 2 heterocycles. The average molecular weight is 495 g/mol. The molecule has 35 heavy (non-hydrogen) atoms. The summed E-state index contributed by atoms with van der Waals surface area (Å²) in [5.41, 5.74) is 3.20. The van der Waals surface area contributed by atoms with Crippen molar-refractivity contribution in [3.63, 3.8) is 0 Å². The molecule has 0 unspecified atom stereocenters. The third-order valence-corrected chi connectivity index (χ3v) is 6.95. The standard InChI is InChI=1S/C28H34N2O4S/c1-28(2,3)34-26(32)18-33-17-21-11-9-20(10-12-21)16-30-25(31)15-24(22-7-5-4-6-8-22)27(29-30)23-13-14-35-19-23/h4-8,13-15,19-21H,9-12,16-18H2,1-3H3. The lowest BCUT2D eigenvalue weighted by Gasteiger charge is -2.28. The Bertz CT molecular complexity index is 1160. The second kappa shape index (κ2) is 11.3. The van der Waals surface area contributed by atoms with Crippen molar-refractivity contribution in [3.05, 3.63) is 63.6 Å². The second-order valence-electron chi connectivity index (χ2n) is 10.3. The van der Waals surface area contributed by atoms with Gasteiger partial charge in [-0.1, -0.05) is 30.3 Å². The van der Waals surface area contributed by atoms with Crippen LogP contribution in [0.2, 0.25) is 0 Å². The lowest BCUT2D eigenvalue weighted by Crippen LogP contribution is -2.30. The van der Waals surface area contributed by atoms with Crippen LogP contribution in [0.3, 0.4) is 0 Å². The average Bonchev–Trinajstić information content (AvgIpc) is 3.35. The number of carbonyl (C=O) groups is 1. The number of benzene rings is 1. The van der Waals surface area contributed by atoms with Gasteiger partial charge in [-0.3, -0.25) is 4.79 Å². The molecule has 1 aliphatic carbocycles. The van der Waals surface area contributed by atoms with Gasteiger partial charge in [-0.05, 0) is 75.3 Å². The van der Waals surface area contributed by atoms with Gasteiger partial charge in [0.15, 0.2) is 0 Å². The van der Waals surface area contributed by atoms with Crippen LogP contribution < -0.4 is 5.56 Å². The van der Waals surface area contributed by atoms with E-state index in [9.17, 15) is 9.59 Å². The zero-order chi connectivity index (χ0) is 24.8. The van der Waals surface area contributed by atoms with E-state index < -0.39 is 5.60 Å². The lowest BCUT2D eigenvalue weighted by atomic mass is 9.82. The highest BCUT2D eigenvalue weighted by atomic mass is 32.1. The number of hydrogen-bond acceptors (Lipinski definition) is 6. The van der Waals surface area contributed by atoms with Crippen molar-refractivity contribution in [2.45, 2.75) is 58.6 Å².